The molecule has 2 atom stereocenters. The molecule has 4 aromatic rings. The number of methoxy groups -OCH3 is 1. The Kier molecular flexibility index (Phi) is 6.51. The van der Waals surface area contributed by atoms with Crippen LogP contribution in [0.2, 0.25) is 0 Å². The van der Waals surface area contributed by atoms with Crippen molar-refractivity contribution in [3.63, 3.8) is 0 Å². The molecule has 1 fully saturated rings. The van der Waals surface area contributed by atoms with Crippen molar-refractivity contribution in [3.8, 4) is 11.3 Å². The van der Waals surface area contributed by atoms with E-state index in [-0.39, 0.29) is 12.1 Å². The molecule has 0 bridgehead atoms. The molecule has 0 aliphatic carbocycles. The molecular weight excluding hydrogens is 481 g/mol. The number of nitrogens with zero attached hydrogens (tertiary/aromatic N) is 3. The van der Waals surface area contributed by atoms with Crippen molar-refractivity contribution >= 4 is 16.7 Å². The highest BCUT2D eigenvalue weighted by atomic mass is 19.4. The van der Waals surface area contributed by atoms with Crippen molar-refractivity contribution in [2.75, 3.05) is 33.8 Å². The first-order chi connectivity index (χ1) is 17.7. The monoisotopic (exact) mass is 508 g/mol. The summed E-state index contributed by atoms with van der Waals surface area (Å²) in [5, 5.41) is 2.16. The van der Waals surface area contributed by atoms with Crippen LogP contribution in [0.4, 0.5) is 13.2 Å². The van der Waals surface area contributed by atoms with Crippen molar-refractivity contribution in [3.05, 3.63) is 90.4 Å². The molecule has 1 N–H and O–H groups in total. The summed E-state index contributed by atoms with van der Waals surface area (Å²) in [7, 11) is 2.79. The molecule has 192 valence electrons. The first-order valence-electron chi connectivity index (χ1n) is 12.0. The Morgan fingerprint density at radius 2 is 1.70 bits per heavy atom. The fourth-order valence-corrected chi connectivity index (χ4v) is 5.01. The van der Waals surface area contributed by atoms with E-state index in [4.69, 9.17) is 4.74 Å². The normalized spacial score (nSPS) is 18.6. The van der Waals surface area contributed by atoms with Crippen LogP contribution in [0, 0.1) is 0 Å². The predicted octanol–water partition coefficient (Wildman–Crippen LogP) is 5.15. The number of rotatable bonds is 5. The van der Waals surface area contributed by atoms with Gasteiger partial charge < -0.3 is 19.5 Å². The van der Waals surface area contributed by atoms with Gasteiger partial charge in [0.05, 0.1) is 11.9 Å². The van der Waals surface area contributed by atoms with Gasteiger partial charge >= 0.3 is 6.18 Å². The molecule has 5 rings (SSSR count). The molecule has 2 heterocycles. The summed E-state index contributed by atoms with van der Waals surface area (Å²) < 4.78 is 48.9. The number of H-pyrrole nitrogens is 1. The first-order valence-corrected chi connectivity index (χ1v) is 12.0. The van der Waals surface area contributed by atoms with Gasteiger partial charge in [0.15, 0.2) is 0 Å². The third-order valence-electron chi connectivity index (χ3n) is 7.00. The summed E-state index contributed by atoms with van der Waals surface area (Å²) in [6, 6.07) is 20.3. The van der Waals surface area contributed by atoms with E-state index in [0.29, 0.717) is 18.9 Å². The third-order valence-corrected chi connectivity index (χ3v) is 7.00. The standard InChI is InChI=1S/C28H27F3N4O2/c1-34-14-15-35(26(36)27(37-2,28(29,30)31)22-10-4-3-5-11-22)24(18-34)25-32-17-23(33-25)21-13-12-19-8-6-7-9-20(19)16-21/h3-13,16-17,24H,14-15,18H2,1-2H3,(H,32,33)/t24-,27-/m1/s1. The Morgan fingerprint density at radius 3 is 2.41 bits per heavy atom. The zero-order chi connectivity index (χ0) is 26.2. The second kappa shape index (κ2) is 9.64. The number of carbonyl (C=O) groups excluding carboxylic acids is 1. The van der Waals surface area contributed by atoms with E-state index in [1.54, 1.807) is 12.3 Å². The minimum absolute atomic E-state index is 0.0973. The fourth-order valence-electron chi connectivity index (χ4n) is 5.01. The van der Waals surface area contributed by atoms with Gasteiger partial charge in [-0.15, -0.1) is 0 Å². The molecular formula is C28H27F3N4O2. The quantitative estimate of drug-likeness (QED) is 0.405. The molecule has 1 aliphatic rings. The van der Waals surface area contributed by atoms with Crippen LogP contribution in [0.1, 0.15) is 17.4 Å². The highest BCUT2D eigenvalue weighted by Gasteiger charge is 2.64. The van der Waals surface area contributed by atoms with Crippen LogP contribution < -0.4 is 0 Å². The lowest BCUT2D eigenvalue weighted by Crippen LogP contribution is -2.61. The van der Waals surface area contributed by atoms with Gasteiger partial charge in [-0.05, 0) is 23.9 Å². The molecule has 37 heavy (non-hydrogen) atoms. The number of imidazole rings is 1. The van der Waals surface area contributed by atoms with E-state index < -0.39 is 23.7 Å². The van der Waals surface area contributed by atoms with Crippen LogP contribution in [0.3, 0.4) is 0 Å². The first kappa shape index (κ1) is 25.0. The summed E-state index contributed by atoms with van der Waals surface area (Å²) in [6.07, 6.45) is -3.32. The van der Waals surface area contributed by atoms with Gasteiger partial charge in [-0.25, -0.2) is 4.98 Å². The van der Waals surface area contributed by atoms with Crippen LogP contribution in [0.25, 0.3) is 22.0 Å². The average molecular weight is 509 g/mol. The summed E-state index contributed by atoms with van der Waals surface area (Å²) in [5.41, 5.74) is -1.77. The Labute approximate surface area is 212 Å². The van der Waals surface area contributed by atoms with Gasteiger partial charge in [0.2, 0.25) is 0 Å². The number of piperazine rings is 1. The molecule has 1 aromatic heterocycles. The number of benzene rings is 3. The molecule has 9 heteroatoms. The largest absolute Gasteiger partial charge is 0.430 e. The van der Waals surface area contributed by atoms with Gasteiger partial charge in [-0.1, -0.05) is 66.7 Å². The third kappa shape index (κ3) is 4.38. The zero-order valence-electron chi connectivity index (χ0n) is 20.5. The SMILES string of the molecule is CO[C@@](C(=O)N1CCN(C)C[C@@H]1c1ncc(-c2ccc3ccccc3c2)[nH]1)(c1ccccc1)C(F)(F)F. The smallest absolute Gasteiger partial charge is 0.356 e. The van der Waals surface area contributed by atoms with Gasteiger partial charge in [0.25, 0.3) is 11.5 Å². The molecule has 1 saturated heterocycles. The number of halogens is 3. The predicted molar refractivity (Wildman–Crippen MR) is 135 cm³/mol. The summed E-state index contributed by atoms with van der Waals surface area (Å²) in [6.45, 7) is 0.843. The van der Waals surface area contributed by atoms with Crippen molar-refractivity contribution < 1.29 is 22.7 Å². The highest BCUT2D eigenvalue weighted by molar-refractivity contribution is 5.88. The number of aromatic nitrogens is 2. The minimum atomic E-state index is -4.98. The van der Waals surface area contributed by atoms with Crippen LogP contribution in [0.5, 0.6) is 0 Å². The average Bonchev–Trinajstić information content (AvgIpc) is 3.39. The second-order valence-corrected chi connectivity index (χ2v) is 9.27. The van der Waals surface area contributed by atoms with Crippen LogP contribution in [0.15, 0.2) is 79.0 Å². The maximum Gasteiger partial charge on any atom is 0.430 e. The number of ether oxygens (including phenoxy) is 1. The number of alkyl halides is 3. The van der Waals surface area contributed by atoms with Crippen molar-refractivity contribution in [1.29, 1.82) is 0 Å². The van der Waals surface area contributed by atoms with E-state index in [1.807, 2.05) is 54.4 Å². The molecule has 0 unspecified atom stereocenters. The van der Waals surface area contributed by atoms with Crippen LogP contribution in [-0.2, 0) is 15.1 Å². The number of amides is 1. The molecule has 0 radical (unpaired) electrons. The summed E-state index contributed by atoms with van der Waals surface area (Å²) in [4.78, 5) is 24.8. The Hall–Kier alpha value is -3.69. The number of nitrogens with one attached hydrogen (secondary N) is 1. The summed E-state index contributed by atoms with van der Waals surface area (Å²) in [5.74, 6) is -0.737. The van der Waals surface area contributed by atoms with Crippen LogP contribution >= 0.6 is 0 Å². The maximum atomic E-state index is 14.6. The van der Waals surface area contributed by atoms with Crippen molar-refractivity contribution in [2.45, 2.75) is 17.8 Å². The molecule has 0 spiro atoms. The van der Waals surface area contributed by atoms with Gasteiger partial charge in [0, 0.05) is 37.9 Å². The number of likely N-dealkylation sites (N-methyl/N-ethyl adjacent to an activating group) is 1. The topological polar surface area (TPSA) is 61.5 Å². The second-order valence-electron chi connectivity index (χ2n) is 9.27. The van der Waals surface area contributed by atoms with E-state index in [9.17, 15) is 18.0 Å². The Balaban J connectivity index is 1.53. The number of hydrogen-bond donors (Lipinski definition) is 1. The van der Waals surface area contributed by atoms with E-state index in [1.165, 1.54) is 29.2 Å². The number of hydrogen-bond acceptors (Lipinski definition) is 4. The number of carbonyl (C=O) groups is 1. The fraction of sp³-hybridized carbons (Fsp3) is 0.286. The molecule has 0 saturated carbocycles. The van der Waals surface area contributed by atoms with Gasteiger partial charge in [-0.2, -0.15) is 13.2 Å². The van der Waals surface area contributed by atoms with E-state index in [2.05, 4.69) is 9.97 Å². The van der Waals surface area contributed by atoms with Crippen LogP contribution in [-0.4, -0.2) is 65.6 Å². The van der Waals surface area contributed by atoms with E-state index >= 15 is 0 Å². The minimum Gasteiger partial charge on any atom is -0.356 e. The zero-order valence-corrected chi connectivity index (χ0v) is 20.5. The lowest BCUT2D eigenvalue weighted by Gasteiger charge is -2.44. The van der Waals surface area contributed by atoms with Gasteiger partial charge in [0.1, 0.15) is 11.9 Å². The van der Waals surface area contributed by atoms with E-state index in [0.717, 1.165) is 29.1 Å². The molecule has 6 nitrogen and oxygen atoms in total. The Bertz CT molecular complexity index is 1410. The lowest BCUT2D eigenvalue weighted by molar-refractivity contribution is -0.272. The maximum absolute atomic E-state index is 14.6. The molecule has 3 aromatic carbocycles. The number of aromatic amines is 1. The Morgan fingerprint density at radius 1 is 1.00 bits per heavy atom. The summed E-state index contributed by atoms with van der Waals surface area (Å²) >= 11 is 0. The number of fused-ring (bicyclic) bond motifs is 1. The van der Waals surface area contributed by atoms with Crippen molar-refractivity contribution in [1.82, 2.24) is 19.8 Å². The highest BCUT2D eigenvalue weighted by Crippen LogP contribution is 2.45. The van der Waals surface area contributed by atoms with Gasteiger partial charge in [-0.3, -0.25) is 4.79 Å². The molecule has 1 amide bonds. The lowest BCUT2D eigenvalue weighted by atomic mass is 9.90. The van der Waals surface area contributed by atoms with Crippen molar-refractivity contribution in [2.24, 2.45) is 0 Å². The molecule has 1 aliphatic heterocycles.